The molecule has 0 atom stereocenters. The summed E-state index contributed by atoms with van der Waals surface area (Å²) in [7, 11) is 0. The Balaban J connectivity index is 1.69. The first-order chi connectivity index (χ1) is 10.2. The predicted octanol–water partition coefficient (Wildman–Crippen LogP) is 2.15. The number of hydrogen-bond donors (Lipinski definition) is 2. The van der Waals surface area contributed by atoms with Crippen LogP contribution in [-0.2, 0) is 6.54 Å². The van der Waals surface area contributed by atoms with Crippen molar-refractivity contribution in [3.8, 4) is 11.3 Å². The number of rotatable bonds is 4. The third kappa shape index (κ3) is 3.00. The molecule has 3 aromatic heterocycles. The Morgan fingerprint density at radius 1 is 1.43 bits per heavy atom. The lowest BCUT2D eigenvalue weighted by Crippen LogP contribution is -2.23. The Morgan fingerprint density at radius 2 is 2.33 bits per heavy atom. The summed E-state index contributed by atoms with van der Waals surface area (Å²) in [6, 6.07) is 5.19. The maximum Gasteiger partial charge on any atom is 0.273 e. The fourth-order valence-electron chi connectivity index (χ4n) is 1.71. The minimum absolute atomic E-state index is 0.212. The number of aromatic nitrogens is 4. The number of nitrogens with one attached hydrogen (secondary N) is 2. The van der Waals surface area contributed by atoms with Crippen molar-refractivity contribution in [3.05, 3.63) is 52.7 Å². The molecule has 21 heavy (non-hydrogen) atoms. The van der Waals surface area contributed by atoms with Crippen LogP contribution in [0.4, 0.5) is 0 Å². The molecular formula is C13H10BrN5O2. The standard InChI is InChI=1S/C13H10BrN5O2/c14-9-6-17-18-11(9)7-16-13(20)10-4-12(21-19-10)8-2-1-3-15-5-8/h1-6H,7H2,(H,16,20)(H,17,18). The van der Waals surface area contributed by atoms with Crippen LogP contribution in [0.1, 0.15) is 16.2 Å². The van der Waals surface area contributed by atoms with E-state index in [1.165, 1.54) is 0 Å². The van der Waals surface area contributed by atoms with Crippen LogP contribution in [0.5, 0.6) is 0 Å². The van der Waals surface area contributed by atoms with Gasteiger partial charge < -0.3 is 9.84 Å². The van der Waals surface area contributed by atoms with Gasteiger partial charge in [-0.1, -0.05) is 5.16 Å². The number of nitrogens with zero attached hydrogens (tertiary/aromatic N) is 3. The topological polar surface area (TPSA) is 96.7 Å². The van der Waals surface area contributed by atoms with E-state index < -0.39 is 0 Å². The summed E-state index contributed by atoms with van der Waals surface area (Å²) >= 11 is 3.32. The lowest BCUT2D eigenvalue weighted by Gasteiger charge is -2.00. The largest absolute Gasteiger partial charge is 0.355 e. The Labute approximate surface area is 127 Å². The predicted molar refractivity (Wildman–Crippen MR) is 77.2 cm³/mol. The van der Waals surface area contributed by atoms with Gasteiger partial charge in [0.25, 0.3) is 5.91 Å². The normalized spacial score (nSPS) is 10.5. The molecule has 2 N–H and O–H groups in total. The van der Waals surface area contributed by atoms with Crippen LogP contribution in [0.25, 0.3) is 11.3 Å². The van der Waals surface area contributed by atoms with Gasteiger partial charge in [-0.05, 0) is 28.1 Å². The van der Waals surface area contributed by atoms with Crippen LogP contribution in [0.3, 0.4) is 0 Å². The van der Waals surface area contributed by atoms with Crippen molar-refractivity contribution in [2.45, 2.75) is 6.54 Å². The summed E-state index contributed by atoms with van der Waals surface area (Å²) in [5.41, 5.74) is 1.75. The molecule has 3 rings (SSSR count). The molecule has 0 bridgehead atoms. The second-order valence-electron chi connectivity index (χ2n) is 4.20. The molecule has 0 aromatic carbocycles. The minimum Gasteiger partial charge on any atom is -0.355 e. The molecule has 0 aliphatic heterocycles. The van der Waals surface area contributed by atoms with Gasteiger partial charge in [0, 0.05) is 24.0 Å². The van der Waals surface area contributed by atoms with E-state index in [1.807, 2.05) is 6.07 Å². The monoisotopic (exact) mass is 347 g/mol. The first kappa shape index (κ1) is 13.5. The molecule has 1 amide bonds. The maximum absolute atomic E-state index is 12.0. The lowest BCUT2D eigenvalue weighted by atomic mass is 10.2. The highest BCUT2D eigenvalue weighted by atomic mass is 79.9. The summed E-state index contributed by atoms with van der Waals surface area (Å²) in [5, 5.41) is 13.1. The van der Waals surface area contributed by atoms with Crippen molar-refractivity contribution in [1.82, 2.24) is 25.7 Å². The van der Waals surface area contributed by atoms with Gasteiger partial charge in [0.05, 0.1) is 22.9 Å². The molecule has 0 aliphatic rings. The fourth-order valence-corrected chi connectivity index (χ4v) is 2.04. The minimum atomic E-state index is -0.324. The lowest BCUT2D eigenvalue weighted by molar-refractivity contribution is 0.0941. The van der Waals surface area contributed by atoms with Crippen LogP contribution in [0.15, 0.2) is 45.8 Å². The first-order valence-electron chi connectivity index (χ1n) is 6.07. The number of amides is 1. The number of carbonyl (C=O) groups excluding carboxylic acids is 1. The Hall–Kier alpha value is -2.48. The zero-order valence-electron chi connectivity index (χ0n) is 10.7. The molecule has 0 saturated carbocycles. The van der Waals surface area contributed by atoms with Crippen molar-refractivity contribution in [2.24, 2.45) is 0 Å². The molecule has 0 saturated heterocycles. The van der Waals surface area contributed by atoms with E-state index in [-0.39, 0.29) is 11.6 Å². The van der Waals surface area contributed by atoms with Crippen LogP contribution in [0, 0.1) is 0 Å². The number of pyridine rings is 1. The van der Waals surface area contributed by atoms with Gasteiger partial charge in [-0.2, -0.15) is 5.10 Å². The summed E-state index contributed by atoms with van der Waals surface area (Å²) in [6.45, 7) is 0.314. The summed E-state index contributed by atoms with van der Waals surface area (Å²) in [5.74, 6) is 0.173. The van der Waals surface area contributed by atoms with Crippen molar-refractivity contribution in [3.63, 3.8) is 0 Å². The molecule has 0 fully saturated rings. The van der Waals surface area contributed by atoms with Crippen molar-refractivity contribution >= 4 is 21.8 Å². The highest BCUT2D eigenvalue weighted by Crippen LogP contribution is 2.19. The van der Waals surface area contributed by atoms with Crippen LogP contribution < -0.4 is 5.32 Å². The van der Waals surface area contributed by atoms with Gasteiger partial charge >= 0.3 is 0 Å². The number of hydrogen-bond acceptors (Lipinski definition) is 5. The van der Waals surface area contributed by atoms with Gasteiger partial charge in [0.2, 0.25) is 0 Å². The average Bonchev–Trinajstić information content (AvgIpc) is 3.15. The Morgan fingerprint density at radius 3 is 3.05 bits per heavy atom. The zero-order chi connectivity index (χ0) is 14.7. The number of halogens is 1. The summed E-state index contributed by atoms with van der Waals surface area (Å²) in [6.07, 6.45) is 4.93. The molecule has 0 unspecified atom stereocenters. The van der Waals surface area contributed by atoms with E-state index in [1.54, 1.807) is 30.7 Å². The molecule has 7 nitrogen and oxygen atoms in total. The fraction of sp³-hybridized carbons (Fsp3) is 0.0769. The van der Waals surface area contributed by atoms with Crippen molar-refractivity contribution in [1.29, 1.82) is 0 Å². The molecule has 0 aliphatic carbocycles. The second-order valence-corrected chi connectivity index (χ2v) is 5.05. The third-order valence-electron chi connectivity index (χ3n) is 2.78. The first-order valence-corrected chi connectivity index (χ1v) is 6.86. The molecule has 0 radical (unpaired) electrons. The molecule has 3 aromatic rings. The molecule has 0 spiro atoms. The highest BCUT2D eigenvalue weighted by Gasteiger charge is 2.14. The van der Waals surface area contributed by atoms with E-state index in [4.69, 9.17) is 4.52 Å². The van der Waals surface area contributed by atoms with E-state index >= 15 is 0 Å². The smallest absolute Gasteiger partial charge is 0.273 e. The second kappa shape index (κ2) is 5.88. The zero-order valence-corrected chi connectivity index (χ0v) is 12.3. The number of aromatic amines is 1. The molecular weight excluding hydrogens is 338 g/mol. The third-order valence-corrected chi connectivity index (χ3v) is 3.46. The molecule has 3 heterocycles. The van der Waals surface area contributed by atoms with Gasteiger partial charge in [0.1, 0.15) is 0 Å². The van der Waals surface area contributed by atoms with E-state index in [2.05, 4.69) is 41.6 Å². The number of carbonyl (C=O) groups is 1. The summed E-state index contributed by atoms with van der Waals surface area (Å²) in [4.78, 5) is 16.0. The average molecular weight is 348 g/mol. The van der Waals surface area contributed by atoms with Gasteiger partial charge in [0.15, 0.2) is 11.5 Å². The molecule has 8 heteroatoms. The molecule has 106 valence electrons. The van der Waals surface area contributed by atoms with Crippen molar-refractivity contribution in [2.75, 3.05) is 0 Å². The number of H-pyrrole nitrogens is 1. The SMILES string of the molecule is O=C(NCc1[nH]ncc1Br)c1cc(-c2cccnc2)on1. The maximum atomic E-state index is 12.0. The van der Waals surface area contributed by atoms with Gasteiger partial charge in [-0.15, -0.1) is 0 Å². The van der Waals surface area contributed by atoms with Crippen LogP contribution >= 0.6 is 15.9 Å². The van der Waals surface area contributed by atoms with Gasteiger partial charge in [-0.25, -0.2) is 0 Å². The van der Waals surface area contributed by atoms with Gasteiger partial charge in [-0.3, -0.25) is 14.9 Å². The van der Waals surface area contributed by atoms with Crippen molar-refractivity contribution < 1.29 is 9.32 Å². The quantitative estimate of drug-likeness (QED) is 0.753. The van der Waals surface area contributed by atoms with E-state index in [0.29, 0.717) is 12.3 Å². The van der Waals surface area contributed by atoms with Crippen LogP contribution in [-0.4, -0.2) is 26.2 Å². The van der Waals surface area contributed by atoms with Crippen LogP contribution in [0.2, 0.25) is 0 Å². The highest BCUT2D eigenvalue weighted by molar-refractivity contribution is 9.10. The summed E-state index contributed by atoms with van der Waals surface area (Å²) < 4.78 is 5.96. The van der Waals surface area contributed by atoms with E-state index in [9.17, 15) is 4.79 Å². The Kier molecular flexibility index (Phi) is 3.78. The Bertz CT molecular complexity index is 753. The van der Waals surface area contributed by atoms with E-state index in [0.717, 1.165) is 15.7 Å².